The number of hydrogen-bond acceptors (Lipinski definition) is 1. The molecule has 1 N–H and O–H groups in total. The monoisotopic (exact) mass is 492 g/mol. The van der Waals surface area contributed by atoms with Gasteiger partial charge in [-0.15, -0.1) is 0 Å². The molecule has 1 aromatic carbocycles. The fraction of sp³-hybridized carbons (Fsp3) is 0.829. The van der Waals surface area contributed by atoms with Gasteiger partial charge in [0.05, 0.1) is 6.10 Å². The normalized spacial score (nSPS) is 43.1. The Labute approximate surface area is 223 Å². The van der Waals surface area contributed by atoms with Crippen LogP contribution in [0.1, 0.15) is 116 Å². The number of rotatable bonds is 7. The minimum absolute atomic E-state index is 0.114. The second-order valence-corrected chi connectivity index (χ2v) is 15.1. The first-order valence-corrected chi connectivity index (χ1v) is 15.9. The van der Waals surface area contributed by atoms with Crippen LogP contribution in [-0.2, 0) is 6.42 Å². The van der Waals surface area contributed by atoms with Crippen molar-refractivity contribution in [2.75, 3.05) is 0 Å². The molecular weight excluding hydrogens is 436 g/mol. The van der Waals surface area contributed by atoms with Crippen LogP contribution in [0.25, 0.3) is 0 Å². The Balaban J connectivity index is 1.31. The quantitative estimate of drug-likeness (QED) is 0.402. The van der Waals surface area contributed by atoms with Crippen molar-refractivity contribution in [1.82, 2.24) is 0 Å². The van der Waals surface area contributed by atoms with Gasteiger partial charge >= 0.3 is 0 Å². The Morgan fingerprint density at radius 3 is 2.19 bits per heavy atom. The summed E-state index contributed by atoms with van der Waals surface area (Å²) in [5.41, 5.74) is 3.77. The molecule has 0 radical (unpaired) electrons. The Morgan fingerprint density at radius 1 is 0.806 bits per heavy atom. The van der Waals surface area contributed by atoms with Gasteiger partial charge in [-0.2, -0.15) is 0 Å². The van der Waals surface area contributed by atoms with Gasteiger partial charge < -0.3 is 5.11 Å². The average molecular weight is 493 g/mol. The predicted molar refractivity (Wildman–Crippen MR) is 153 cm³/mol. The first-order valence-electron chi connectivity index (χ1n) is 15.9. The molecule has 4 saturated carbocycles. The van der Waals surface area contributed by atoms with E-state index in [2.05, 4.69) is 65.8 Å². The van der Waals surface area contributed by atoms with Crippen LogP contribution in [0.3, 0.4) is 0 Å². The molecule has 5 rings (SSSR count). The molecule has 0 bridgehead atoms. The number of aryl methyl sites for hydroxylation is 1. The number of benzene rings is 1. The van der Waals surface area contributed by atoms with Crippen molar-refractivity contribution < 1.29 is 5.11 Å². The van der Waals surface area contributed by atoms with Gasteiger partial charge in [-0.3, -0.25) is 0 Å². The van der Waals surface area contributed by atoms with E-state index in [1.54, 1.807) is 0 Å². The van der Waals surface area contributed by atoms with E-state index in [4.69, 9.17) is 0 Å². The Bertz CT molecular complexity index is 871. The highest BCUT2D eigenvalue weighted by Gasteiger charge is 2.61. The van der Waals surface area contributed by atoms with Gasteiger partial charge in [0.2, 0.25) is 0 Å². The topological polar surface area (TPSA) is 20.2 Å². The van der Waals surface area contributed by atoms with Crippen molar-refractivity contribution in [3.63, 3.8) is 0 Å². The first kappa shape index (κ1) is 26.8. The molecule has 4 aliphatic rings. The molecule has 4 aliphatic carbocycles. The SMILES string of the molecule is Cc1ccc(C[C@@H]2[C@@H](O)CC[C@@]3(C)[C@H]2CC[C@@H]2[C@@H]3CC[C@]3(C)[C@@H]([C@H](C)CCCC(C)C)CC[C@@H]23)cc1. The summed E-state index contributed by atoms with van der Waals surface area (Å²) >= 11 is 0. The molecule has 1 nitrogen and oxygen atoms in total. The lowest BCUT2D eigenvalue weighted by atomic mass is 9.42. The van der Waals surface area contributed by atoms with Crippen molar-refractivity contribution in [2.45, 2.75) is 125 Å². The molecule has 0 unspecified atom stereocenters. The second-order valence-electron chi connectivity index (χ2n) is 15.1. The predicted octanol–water partition coefficient (Wildman–Crippen LogP) is 9.25. The van der Waals surface area contributed by atoms with Crippen LogP contribution in [0.15, 0.2) is 24.3 Å². The zero-order valence-corrected chi connectivity index (χ0v) is 24.4. The van der Waals surface area contributed by atoms with Gasteiger partial charge in [0.1, 0.15) is 0 Å². The summed E-state index contributed by atoms with van der Waals surface area (Å²) in [7, 11) is 0. The van der Waals surface area contributed by atoms with E-state index >= 15 is 0 Å². The maximum atomic E-state index is 11.2. The summed E-state index contributed by atoms with van der Waals surface area (Å²) in [6.45, 7) is 14.9. The largest absolute Gasteiger partial charge is 0.393 e. The summed E-state index contributed by atoms with van der Waals surface area (Å²) < 4.78 is 0. The summed E-state index contributed by atoms with van der Waals surface area (Å²) in [6.07, 6.45) is 16.2. The summed E-state index contributed by atoms with van der Waals surface area (Å²) in [5, 5.41) is 11.2. The third-order valence-corrected chi connectivity index (χ3v) is 12.7. The summed E-state index contributed by atoms with van der Waals surface area (Å²) in [5.74, 6) is 6.60. The van der Waals surface area contributed by atoms with Crippen molar-refractivity contribution in [1.29, 1.82) is 0 Å². The van der Waals surface area contributed by atoms with E-state index in [0.717, 1.165) is 48.3 Å². The van der Waals surface area contributed by atoms with Crippen LogP contribution in [-0.4, -0.2) is 11.2 Å². The molecule has 0 spiro atoms. The van der Waals surface area contributed by atoms with Crippen molar-refractivity contribution >= 4 is 0 Å². The fourth-order valence-corrected chi connectivity index (χ4v) is 10.8. The van der Waals surface area contributed by atoms with Gasteiger partial charge in [-0.05, 0) is 128 Å². The Morgan fingerprint density at radius 2 is 1.47 bits per heavy atom. The lowest BCUT2D eigenvalue weighted by molar-refractivity contribution is -0.152. The summed E-state index contributed by atoms with van der Waals surface area (Å²) in [6, 6.07) is 9.13. The smallest absolute Gasteiger partial charge is 0.0574 e. The highest BCUT2D eigenvalue weighted by molar-refractivity contribution is 5.23. The standard InChI is InChI=1S/C35H56O/c1-23(2)8-7-9-25(4)29-16-17-30-27-14-15-31-28(22-26-12-10-24(3)11-13-26)33(36)19-21-35(31,6)32(27)18-20-34(29,30)5/h10-13,23,25,27-33,36H,7-9,14-22H2,1-6H3/t25-,27+,28+,29-,30+,31+,32+,33+,34-,35+/m1/s1. The number of hydrogen-bond donors (Lipinski definition) is 1. The maximum Gasteiger partial charge on any atom is 0.0574 e. The van der Waals surface area contributed by atoms with Gasteiger partial charge in [0, 0.05) is 0 Å². The molecule has 0 saturated heterocycles. The van der Waals surface area contributed by atoms with Gasteiger partial charge in [-0.25, -0.2) is 0 Å². The van der Waals surface area contributed by atoms with Crippen LogP contribution in [0, 0.1) is 65.1 Å². The van der Waals surface area contributed by atoms with E-state index < -0.39 is 0 Å². The molecule has 1 heteroatoms. The minimum atomic E-state index is -0.114. The molecule has 10 atom stereocenters. The fourth-order valence-electron chi connectivity index (χ4n) is 10.8. The van der Waals surface area contributed by atoms with Crippen LogP contribution >= 0.6 is 0 Å². The van der Waals surface area contributed by atoms with Crippen LogP contribution in [0.4, 0.5) is 0 Å². The van der Waals surface area contributed by atoms with Crippen molar-refractivity contribution in [3.8, 4) is 0 Å². The molecular formula is C35H56O. The second kappa shape index (κ2) is 10.4. The van der Waals surface area contributed by atoms with Gasteiger partial charge in [0.15, 0.2) is 0 Å². The van der Waals surface area contributed by atoms with E-state index in [-0.39, 0.29) is 6.10 Å². The zero-order valence-electron chi connectivity index (χ0n) is 24.4. The number of aliphatic hydroxyl groups is 1. The maximum absolute atomic E-state index is 11.2. The van der Waals surface area contributed by atoms with Crippen LogP contribution in [0.5, 0.6) is 0 Å². The molecule has 0 heterocycles. The lowest BCUT2D eigenvalue weighted by Crippen LogP contribution is -2.57. The van der Waals surface area contributed by atoms with Crippen LogP contribution in [0.2, 0.25) is 0 Å². The molecule has 0 aliphatic heterocycles. The Kier molecular flexibility index (Phi) is 7.73. The number of aliphatic hydroxyl groups excluding tert-OH is 1. The Hall–Kier alpha value is -0.820. The van der Waals surface area contributed by atoms with Gasteiger partial charge in [0.25, 0.3) is 0 Å². The van der Waals surface area contributed by atoms with Gasteiger partial charge in [-0.1, -0.05) is 83.7 Å². The first-order chi connectivity index (χ1) is 17.1. The van der Waals surface area contributed by atoms with Crippen LogP contribution < -0.4 is 0 Å². The van der Waals surface area contributed by atoms with Crippen molar-refractivity contribution in [3.05, 3.63) is 35.4 Å². The minimum Gasteiger partial charge on any atom is -0.393 e. The zero-order chi connectivity index (χ0) is 25.7. The molecule has 0 amide bonds. The average Bonchev–Trinajstić information content (AvgIpc) is 3.19. The van der Waals surface area contributed by atoms with E-state index in [0.29, 0.717) is 22.7 Å². The van der Waals surface area contributed by atoms with E-state index in [9.17, 15) is 5.11 Å². The van der Waals surface area contributed by atoms with E-state index in [1.807, 2.05) is 0 Å². The molecule has 0 aromatic heterocycles. The molecule has 202 valence electrons. The van der Waals surface area contributed by atoms with Crippen molar-refractivity contribution in [2.24, 2.45) is 58.2 Å². The lowest BCUT2D eigenvalue weighted by Gasteiger charge is -2.63. The highest BCUT2D eigenvalue weighted by Crippen LogP contribution is 2.69. The highest BCUT2D eigenvalue weighted by atomic mass is 16.3. The molecule has 36 heavy (non-hydrogen) atoms. The molecule has 1 aromatic rings. The molecule has 4 fully saturated rings. The number of fused-ring (bicyclic) bond motifs is 5. The third kappa shape index (κ3) is 4.74. The summed E-state index contributed by atoms with van der Waals surface area (Å²) in [4.78, 5) is 0. The third-order valence-electron chi connectivity index (χ3n) is 12.7. The van der Waals surface area contributed by atoms with E-state index in [1.165, 1.54) is 75.3 Å².